The molecule has 0 atom stereocenters. The molecule has 7 heavy (non-hydrogen) atoms. The Hall–Kier alpha value is 0.248. The van der Waals surface area contributed by atoms with Crippen molar-refractivity contribution in [1.82, 2.24) is 0 Å². The lowest BCUT2D eigenvalue weighted by Gasteiger charge is -1.65. The molecule has 6 heteroatoms. The molecule has 0 unspecified atom stereocenters. The van der Waals surface area contributed by atoms with Gasteiger partial charge in [0.25, 0.3) is 0 Å². The lowest BCUT2D eigenvalue weighted by atomic mass is 11.6. The molecule has 0 saturated carbocycles. The van der Waals surface area contributed by atoms with Crippen LogP contribution in [0.5, 0.6) is 0 Å². The van der Waals surface area contributed by atoms with E-state index in [1.54, 1.807) is 0 Å². The van der Waals surface area contributed by atoms with Crippen LogP contribution in [0.1, 0.15) is 0 Å². The van der Waals surface area contributed by atoms with Crippen LogP contribution in [0.25, 0.3) is 0 Å². The van der Waals surface area contributed by atoms with Gasteiger partial charge >= 0.3 is 0 Å². The second-order valence-electron chi connectivity index (χ2n) is 0.547. The molecule has 0 aromatic heterocycles. The fraction of sp³-hybridized carbons (Fsp3) is 0. The van der Waals surface area contributed by atoms with Gasteiger partial charge in [-0.1, -0.05) is 0 Å². The minimum atomic E-state index is 0.376. The summed E-state index contributed by atoms with van der Waals surface area (Å²) >= 11 is 0. The topological polar surface area (TPSA) is 24.7 Å². The number of rotatable bonds is 2. The molecule has 0 aromatic rings. The van der Waals surface area contributed by atoms with Gasteiger partial charge in [0.05, 0.1) is 6.01 Å². The van der Waals surface area contributed by atoms with Crippen molar-refractivity contribution < 1.29 is 0 Å². The van der Waals surface area contributed by atoms with E-state index in [-0.39, 0.29) is 0 Å². The average molecular weight is 152 g/mol. The minimum Gasteiger partial charge on any atom is -0.274 e. The van der Waals surface area contributed by atoms with Gasteiger partial charge in [0.2, 0.25) is 0 Å². The molecule has 0 bridgehead atoms. The Balaban J connectivity index is 3.21. The van der Waals surface area contributed by atoms with Gasteiger partial charge in [-0.3, -0.25) is 9.32 Å². The minimum absolute atomic E-state index is 0.376. The molecule has 0 N–H and O–H groups in total. The second kappa shape index (κ2) is 6.25. The van der Waals surface area contributed by atoms with Crippen molar-refractivity contribution in [3.05, 3.63) is 0 Å². The van der Waals surface area contributed by atoms with E-state index in [1.165, 1.54) is 0 Å². The standard InChI is InChI=1S/CN2Si4/c4-6-2-1-3-7-5. The van der Waals surface area contributed by atoms with Crippen LogP contribution in [-0.4, -0.2) is 43.9 Å². The van der Waals surface area contributed by atoms with E-state index in [2.05, 4.69) is 34.8 Å². The van der Waals surface area contributed by atoms with Gasteiger partial charge in [0.15, 0.2) is 18.4 Å². The highest BCUT2D eigenvalue weighted by Crippen LogP contribution is 1.50. The van der Waals surface area contributed by atoms with Crippen LogP contribution in [0, 0.1) is 0 Å². The Labute approximate surface area is 53.8 Å². The predicted octanol–water partition coefficient (Wildman–Crippen LogP) is -1.43. The van der Waals surface area contributed by atoms with Gasteiger partial charge in [-0.15, -0.1) is 0 Å². The van der Waals surface area contributed by atoms with Crippen LogP contribution in [0.15, 0.2) is 9.32 Å². The molecule has 0 aromatic carbocycles. The first kappa shape index (κ1) is 7.25. The largest absolute Gasteiger partial charge is 0.274 e. The lowest BCUT2D eigenvalue weighted by Crippen LogP contribution is -1.82. The molecule has 0 aliphatic heterocycles. The summed E-state index contributed by atoms with van der Waals surface area (Å²) in [6.45, 7) is 0. The normalized spacial score (nSPS) is 7.14. The van der Waals surface area contributed by atoms with Crippen LogP contribution in [0.4, 0.5) is 0 Å². The third-order valence-corrected chi connectivity index (χ3v) is 1.31. The first-order chi connectivity index (χ1) is 3.41. The summed E-state index contributed by atoms with van der Waals surface area (Å²) in [5, 5.41) is 0. The van der Waals surface area contributed by atoms with E-state index in [0.29, 0.717) is 18.4 Å². The Morgan fingerprint density at radius 2 is 1.57 bits per heavy atom. The summed E-state index contributed by atoms with van der Waals surface area (Å²) in [6.07, 6.45) is 0. The molecule has 0 rings (SSSR count). The summed E-state index contributed by atoms with van der Waals surface area (Å²) in [7, 11) is 7.05. The molecule has 0 amide bonds. The van der Waals surface area contributed by atoms with E-state index in [4.69, 9.17) is 0 Å². The molecule has 0 heterocycles. The third kappa shape index (κ3) is 6.25. The Morgan fingerprint density at radius 3 is 1.86 bits per heavy atom. The molecule has 0 fully saturated rings. The van der Waals surface area contributed by atoms with Crippen molar-refractivity contribution in [3.8, 4) is 0 Å². The Kier molecular flexibility index (Phi) is 6.47. The second-order valence-corrected chi connectivity index (χ2v) is 2.78. The maximum absolute atomic E-state index is 3.66. The highest BCUT2D eigenvalue weighted by Gasteiger charge is 1.63. The molecule has 0 spiro atoms. The first-order valence-electron chi connectivity index (χ1n) is 1.39. The summed E-state index contributed by atoms with van der Waals surface area (Å²) in [5.41, 5.74) is 0. The van der Waals surface area contributed by atoms with Gasteiger partial charge in [-0.05, 0) is 0 Å². The fourth-order valence-corrected chi connectivity index (χ4v) is 0.675. The lowest BCUT2D eigenvalue weighted by molar-refractivity contribution is 1.84. The van der Waals surface area contributed by atoms with Crippen LogP contribution < -0.4 is 0 Å². The van der Waals surface area contributed by atoms with Crippen molar-refractivity contribution in [1.29, 1.82) is 0 Å². The molecule has 0 aliphatic carbocycles. The number of hydrogen-bond donors (Lipinski definition) is 0. The fourth-order valence-electron chi connectivity index (χ4n) is 0.0750. The molecule has 2 nitrogen and oxygen atoms in total. The van der Waals surface area contributed by atoms with Gasteiger partial charge in [-0.2, -0.15) is 0 Å². The maximum atomic E-state index is 3.66. The van der Waals surface area contributed by atoms with Crippen LogP contribution in [-0.2, 0) is 0 Å². The van der Waals surface area contributed by atoms with Crippen molar-refractivity contribution in [3.63, 3.8) is 0 Å². The molecule has 10 radical (unpaired) electrons. The highest BCUT2D eigenvalue weighted by molar-refractivity contribution is 6.89. The van der Waals surface area contributed by atoms with E-state index < -0.39 is 0 Å². The van der Waals surface area contributed by atoms with Crippen molar-refractivity contribution in [2.45, 2.75) is 0 Å². The van der Waals surface area contributed by atoms with Gasteiger partial charge in [-0.25, -0.2) is 0 Å². The first-order valence-corrected chi connectivity index (χ1v) is 6.29. The van der Waals surface area contributed by atoms with Gasteiger partial charge in [0.1, 0.15) is 0 Å². The summed E-state index contributed by atoms with van der Waals surface area (Å²) in [6, 6.07) is 2.46. The van der Waals surface area contributed by atoms with Gasteiger partial charge in [0, 0.05) is 19.5 Å². The molecular formula is CN2Si4. The van der Waals surface area contributed by atoms with Crippen LogP contribution >= 0.6 is 0 Å². The zero-order valence-corrected chi connectivity index (χ0v) is 7.39. The zero-order valence-electron chi connectivity index (χ0n) is 3.39. The Morgan fingerprint density at radius 1 is 1.14 bits per heavy atom. The van der Waals surface area contributed by atoms with E-state index in [0.717, 1.165) is 0 Å². The summed E-state index contributed by atoms with van der Waals surface area (Å²) < 4.78 is 7.32. The predicted molar refractivity (Wildman–Crippen MR) is 32.9 cm³/mol. The van der Waals surface area contributed by atoms with Gasteiger partial charge < -0.3 is 0 Å². The third-order valence-electron chi connectivity index (χ3n) is 0.212. The highest BCUT2D eigenvalue weighted by atomic mass is 29.1. The van der Waals surface area contributed by atoms with Crippen LogP contribution in [0.3, 0.4) is 0 Å². The SMILES string of the molecule is [Si][Si]N=C=N[Si][Si]. The maximum Gasteiger partial charge on any atom is 0.199 e. The molecule has 0 saturated heterocycles. The Bertz CT molecular complexity index is 75.7. The quantitative estimate of drug-likeness (QED) is 0.342. The van der Waals surface area contributed by atoms with E-state index in [9.17, 15) is 0 Å². The number of nitrogens with zero attached hydrogens (tertiary/aromatic N) is 2. The zero-order chi connectivity index (χ0) is 5.54. The van der Waals surface area contributed by atoms with E-state index >= 15 is 0 Å². The van der Waals surface area contributed by atoms with Crippen molar-refractivity contribution in [2.24, 2.45) is 9.32 Å². The van der Waals surface area contributed by atoms with E-state index in [1.807, 2.05) is 0 Å². The smallest absolute Gasteiger partial charge is 0.199 e. The van der Waals surface area contributed by atoms with Crippen LogP contribution in [0.2, 0.25) is 0 Å². The molecular weight excluding hydrogens is 152 g/mol. The monoisotopic (exact) mass is 152 g/mol. The average Bonchev–Trinajstić information content (AvgIpc) is 1.69. The summed E-state index contributed by atoms with van der Waals surface area (Å²) in [5.74, 6) is 0. The number of hydrogen-bond acceptors (Lipinski definition) is 2. The molecule has 30 valence electrons. The van der Waals surface area contributed by atoms with Crippen molar-refractivity contribution in [2.75, 3.05) is 0 Å². The summed E-state index contributed by atoms with van der Waals surface area (Å²) in [4.78, 5) is 0. The molecule has 0 aliphatic rings. The van der Waals surface area contributed by atoms with Crippen molar-refractivity contribution >= 4 is 43.9 Å².